The highest BCUT2D eigenvalue weighted by molar-refractivity contribution is 5.97. The average molecular weight is 423 g/mol. The second kappa shape index (κ2) is 12.3. The number of hydrogen-bond donors (Lipinski definition) is 1. The largest absolute Gasteiger partial charge is 0.467 e. The van der Waals surface area contributed by atoms with E-state index in [1.165, 1.54) is 7.11 Å². The van der Waals surface area contributed by atoms with Crippen LogP contribution in [0.15, 0.2) is 60.7 Å². The number of carbonyl (C=O) groups is 3. The van der Waals surface area contributed by atoms with Gasteiger partial charge in [-0.25, -0.2) is 4.79 Å². The molecule has 1 atom stereocenters. The molecule has 31 heavy (non-hydrogen) atoms. The number of nitrogens with zero attached hydrogens (tertiary/aromatic N) is 1. The fourth-order valence-corrected chi connectivity index (χ4v) is 3.02. The number of unbranched alkanes of at least 4 members (excludes halogenated alkanes) is 1. The molecular formula is C25H30N2O4. The van der Waals surface area contributed by atoms with Gasteiger partial charge in [-0.05, 0) is 36.1 Å². The molecule has 0 heterocycles. The lowest BCUT2D eigenvalue weighted by atomic mass is 10.0. The van der Waals surface area contributed by atoms with E-state index in [0.29, 0.717) is 18.4 Å². The first-order valence-electron chi connectivity index (χ1n) is 10.3. The number of methoxy groups -OCH3 is 1. The first kappa shape index (κ1) is 23.9. The van der Waals surface area contributed by atoms with Crippen molar-refractivity contribution in [1.82, 2.24) is 10.2 Å². The highest BCUT2D eigenvalue weighted by atomic mass is 16.5. The number of allylic oxidation sites excluding steroid dienone is 1. The Morgan fingerprint density at radius 2 is 1.81 bits per heavy atom. The molecule has 0 aliphatic rings. The van der Waals surface area contributed by atoms with Crippen LogP contribution in [-0.2, 0) is 20.7 Å². The van der Waals surface area contributed by atoms with Gasteiger partial charge in [-0.2, -0.15) is 0 Å². The van der Waals surface area contributed by atoms with Gasteiger partial charge in [0.1, 0.15) is 6.04 Å². The lowest BCUT2D eigenvalue weighted by Crippen LogP contribution is -2.43. The molecule has 0 fully saturated rings. The lowest BCUT2D eigenvalue weighted by molar-refractivity contribution is -0.142. The Labute approximate surface area is 183 Å². The Morgan fingerprint density at radius 1 is 1.06 bits per heavy atom. The Balaban J connectivity index is 1.98. The summed E-state index contributed by atoms with van der Waals surface area (Å²) in [5.74, 6) is -0.707. The molecule has 0 aliphatic carbocycles. The first-order chi connectivity index (χ1) is 14.9. The summed E-state index contributed by atoms with van der Waals surface area (Å²) in [7, 11) is 4.81. The standard InChI is InChI=1S/C25H30N2O4/c1-27(2)23(28)16-9-5-8-11-19-14-10-15-21(17-19)24(29)26-22(25(30)31-3)18-20-12-6-4-7-13-20/h4,6-8,10-15,17,22H,5,9,16,18H2,1-3H3,(H,26,29). The topological polar surface area (TPSA) is 75.7 Å². The van der Waals surface area contributed by atoms with Gasteiger partial charge in [0.15, 0.2) is 0 Å². The van der Waals surface area contributed by atoms with Crippen LogP contribution in [0.4, 0.5) is 0 Å². The average Bonchev–Trinajstić information content (AvgIpc) is 2.78. The molecule has 0 saturated carbocycles. The normalized spacial score (nSPS) is 11.7. The van der Waals surface area contributed by atoms with Crippen molar-refractivity contribution >= 4 is 23.9 Å². The molecule has 2 amide bonds. The quantitative estimate of drug-likeness (QED) is 0.470. The molecule has 0 aliphatic heterocycles. The molecule has 6 nitrogen and oxygen atoms in total. The van der Waals surface area contributed by atoms with Crippen molar-refractivity contribution in [3.8, 4) is 0 Å². The Morgan fingerprint density at radius 3 is 2.48 bits per heavy atom. The van der Waals surface area contributed by atoms with Crippen LogP contribution in [0.2, 0.25) is 0 Å². The van der Waals surface area contributed by atoms with E-state index in [1.54, 1.807) is 37.2 Å². The van der Waals surface area contributed by atoms with Crippen molar-refractivity contribution in [3.05, 3.63) is 77.4 Å². The smallest absolute Gasteiger partial charge is 0.328 e. The molecule has 0 bridgehead atoms. The molecule has 1 N–H and O–H groups in total. The van der Waals surface area contributed by atoms with E-state index in [1.807, 2.05) is 48.6 Å². The zero-order valence-electron chi connectivity index (χ0n) is 18.3. The van der Waals surface area contributed by atoms with Crippen molar-refractivity contribution in [2.45, 2.75) is 31.7 Å². The maximum Gasteiger partial charge on any atom is 0.328 e. The molecule has 1 unspecified atom stereocenters. The number of ether oxygens (including phenoxy) is 1. The highest BCUT2D eigenvalue weighted by Crippen LogP contribution is 2.11. The van der Waals surface area contributed by atoms with Crippen molar-refractivity contribution in [1.29, 1.82) is 0 Å². The van der Waals surface area contributed by atoms with Crippen LogP contribution in [0.1, 0.15) is 40.7 Å². The van der Waals surface area contributed by atoms with Gasteiger partial charge in [0.2, 0.25) is 5.91 Å². The SMILES string of the molecule is COC(=O)C(Cc1ccccc1)NC(=O)c1cccc(C=CCCCC(=O)N(C)C)c1. The van der Waals surface area contributed by atoms with E-state index in [9.17, 15) is 14.4 Å². The number of benzene rings is 2. The summed E-state index contributed by atoms with van der Waals surface area (Å²) in [5.41, 5.74) is 2.28. The molecule has 0 aromatic heterocycles. The predicted octanol–water partition coefficient (Wildman–Crippen LogP) is 3.47. The first-order valence-corrected chi connectivity index (χ1v) is 10.3. The molecule has 164 valence electrons. The fourth-order valence-electron chi connectivity index (χ4n) is 3.02. The van der Waals surface area contributed by atoms with Crippen LogP contribution in [0.25, 0.3) is 6.08 Å². The van der Waals surface area contributed by atoms with Crippen molar-refractivity contribution in [2.75, 3.05) is 21.2 Å². The van der Waals surface area contributed by atoms with Crippen LogP contribution >= 0.6 is 0 Å². The molecule has 6 heteroatoms. The summed E-state index contributed by atoms with van der Waals surface area (Å²) >= 11 is 0. The number of rotatable bonds is 10. The van der Waals surface area contributed by atoms with E-state index in [4.69, 9.17) is 4.74 Å². The number of nitrogens with one attached hydrogen (secondary N) is 1. The van der Waals surface area contributed by atoms with Crippen LogP contribution in [0.3, 0.4) is 0 Å². The van der Waals surface area contributed by atoms with Gasteiger partial charge in [-0.3, -0.25) is 9.59 Å². The highest BCUT2D eigenvalue weighted by Gasteiger charge is 2.22. The number of carbonyl (C=O) groups excluding carboxylic acids is 3. The molecule has 0 radical (unpaired) electrons. The van der Waals surface area contributed by atoms with Crippen LogP contribution < -0.4 is 5.32 Å². The summed E-state index contributed by atoms with van der Waals surface area (Å²) in [4.78, 5) is 38.1. The molecule has 2 aromatic rings. The predicted molar refractivity (Wildman–Crippen MR) is 121 cm³/mol. The van der Waals surface area contributed by atoms with Crippen LogP contribution in [0.5, 0.6) is 0 Å². The van der Waals surface area contributed by atoms with Crippen LogP contribution in [0, 0.1) is 0 Å². The van der Waals surface area contributed by atoms with E-state index in [-0.39, 0.29) is 11.8 Å². The van der Waals surface area contributed by atoms with Crippen LogP contribution in [-0.4, -0.2) is 49.9 Å². The number of esters is 1. The fraction of sp³-hybridized carbons (Fsp3) is 0.320. The minimum Gasteiger partial charge on any atom is -0.467 e. The van der Waals surface area contributed by atoms with Crippen molar-refractivity contribution < 1.29 is 19.1 Å². The molecule has 2 aromatic carbocycles. The monoisotopic (exact) mass is 422 g/mol. The molecule has 0 saturated heterocycles. The lowest BCUT2D eigenvalue weighted by Gasteiger charge is -2.17. The third-order valence-electron chi connectivity index (χ3n) is 4.79. The van der Waals surface area contributed by atoms with Gasteiger partial charge >= 0.3 is 5.97 Å². The summed E-state index contributed by atoms with van der Waals surface area (Å²) in [5, 5.41) is 2.78. The summed E-state index contributed by atoms with van der Waals surface area (Å²) in [6.07, 6.45) is 6.33. The summed E-state index contributed by atoms with van der Waals surface area (Å²) in [6.45, 7) is 0. The third kappa shape index (κ3) is 8.09. The molecule has 0 spiro atoms. The second-order valence-electron chi connectivity index (χ2n) is 7.45. The van der Waals surface area contributed by atoms with Gasteiger partial charge in [0, 0.05) is 32.5 Å². The number of hydrogen-bond acceptors (Lipinski definition) is 4. The van der Waals surface area contributed by atoms with Gasteiger partial charge in [0.05, 0.1) is 7.11 Å². The van der Waals surface area contributed by atoms with E-state index in [0.717, 1.165) is 24.0 Å². The zero-order valence-corrected chi connectivity index (χ0v) is 18.3. The maximum absolute atomic E-state index is 12.7. The number of amides is 2. The Bertz CT molecular complexity index is 907. The second-order valence-corrected chi connectivity index (χ2v) is 7.45. The Kier molecular flexibility index (Phi) is 9.49. The molecule has 2 rings (SSSR count). The van der Waals surface area contributed by atoms with Gasteiger partial charge in [-0.1, -0.05) is 54.6 Å². The molecular weight excluding hydrogens is 392 g/mol. The van der Waals surface area contributed by atoms with E-state index >= 15 is 0 Å². The zero-order chi connectivity index (χ0) is 22.6. The van der Waals surface area contributed by atoms with Gasteiger partial charge in [0.25, 0.3) is 5.91 Å². The van der Waals surface area contributed by atoms with Gasteiger partial charge < -0.3 is 15.0 Å². The summed E-state index contributed by atoms with van der Waals surface area (Å²) < 4.78 is 4.86. The minimum atomic E-state index is -0.770. The maximum atomic E-state index is 12.7. The summed E-state index contributed by atoms with van der Waals surface area (Å²) in [6, 6.07) is 15.9. The third-order valence-corrected chi connectivity index (χ3v) is 4.79. The van der Waals surface area contributed by atoms with E-state index in [2.05, 4.69) is 5.32 Å². The van der Waals surface area contributed by atoms with Crippen molar-refractivity contribution in [2.24, 2.45) is 0 Å². The van der Waals surface area contributed by atoms with E-state index < -0.39 is 12.0 Å². The van der Waals surface area contributed by atoms with Crippen molar-refractivity contribution in [3.63, 3.8) is 0 Å². The van der Waals surface area contributed by atoms with Gasteiger partial charge in [-0.15, -0.1) is 0 Å². The Hall–Kier alpha value is -3.41. The minimum absolute atomic E-state index is 0.114.